The van der Waals surface area contributed by atoms with Crippen molar-refractivity contribution in [1.29, 1.82) is 0 Å². The number of piperazine rings is 1. The van der Waals surface area contributed by atoms with E-state index < -0.39 is 11.6 Å². The summed E-state index contributed by atoms with van der Waals surface area (Å²) in [6, 6.07) is 9.32. The van der Waals surface area contributed by atoms with Crippen LogP contribution in [0.3, 0.4) is 0 Å². The van der Waals surface area contributed by atoms with Crippen molar-refractivity contribution in [2.75, 3.05) is 0 Å². The molecule has 0 aromatic heterocycles. The predicted octanol–water partition coefficient (Wildman–Crippen LogP) is 1.70. The second-order valence-electron chi connectivity index (χ2n) is 5.23. The highest BCUT2D eigenvalue weighted by Crippen LogP contribution is 2.26. The van der Waals surface area contributed by atoms with Gasteiger partial charge in [0.05, 0.1) is 0 Å². The van der Waals surface area contributed by atoms with Gasteiger partial charge < -0.3 is 10.2 Å². The Hall–Kier alpha value is -1.84. The Morgan fingerprint density at radius 3 is 2.47 bits per heavy atom. The fourth-order valence-electron chi connectivity index (χ4n) is 2.38. The van der Waals surface area contributed by atoms with E-state index in [0.29, 0.717) is 13.0 Å². The Bertz CT molecular complexity index is 486. The highest BCUT2D eigenvalue weighted by Gasteiger charge is 2.46. The molecule has 0 bridgehead atoms. The van der Waals surface area contributed by atoms with Gasteiger partial charge in [-0.05, 0) is 25.8 Å². The van der Waals surface area contributed by atoms with E-state index in [2.05, 4.69) is 5.32 Å². The Morgan fingerprint density at radius 2 is 1.89 bits per heavy atom. The molecule has 1 fully saturated rings. The molecule has 1 aliphatic rings. The standard InChI is InChI=1S/C15H20N2O2/c1-4-15(3)14(19)16-11(2)13(18)17(15)10-12-8-6-5-7-9-12/h5-9,11H,4,10H2,1-3H3,(H,16,19). The van der Waals surface area contributed by atoms with E-state index >= 15 is 0 Å². The third kappa shape index (κ3) is 2.35. The average molecular weight is 260 g/mol. The smallest absolute Gasteiger partial charge is 0.246 e. The minimum Gasteiger partial charge on any atom is -0.343 e. The summed E-state index contributed by atoms with van der Waals surface area (Å²) in [6.45, 7) is 5.96. The van der Waals surface area contributed by atoms with Gasteiger partial charge in [0.25, 0.3) is 0 Å². The fourth-order valence-corrected chi connectivity index (χ4v) is 2.38. The van der Waals surface area contributed by atoms with Crippen LogP contribution in [0.15, 0.2) is 30.3 Å². The number of rotatable bonds is 3. The van der Waals surface area contributed by atoms with E-state index in [9.17, 15) is 9.59 Å². The molecule has 0 saturated carbocycles. The Kier molecular flexibility index (Phi) is 3.60. The molecule has 19 heavy (non-hydrogen) atoms. The fraction of sp³-hybridized carbons (Fsp3) is 0.467. The summed E-state index contributed by atoms with van der Waals surface area (Å²) in [4.78, 5) is 26.3. The maximum absolute atomic E-state index is 12.4. The van der Waals surface area contributed by atoms with Crippen LogP contribution in [0, 0.1) is 0 Å². The van der Waals surface area contributed by atoms with Crippen molar-refractivity contribution in [2.45, 2.75) is 45.3 Å². The van der Waals surface area contributed by atoms with Crippen molar-refractivity contribution in [3.05, 3.63) is 35.9 Å². The Labute approximate surface area is 113 Å². The first-order chi connectivity index (χ1) is 8.99. The molecule has 2 rings (SSSR count). The lowest BCUT2D eigenvalue weighted by molar-refractivity contribution is -0.157. The zero-order valence-corrected chi connectivity index (χ0v) is 11.6. The number of carbonyl (C=O) groups is 2. The number of nitrogens with zero attached hydrogens (tertiary/aromatic N) is 1. The number of hydrogen-bond acceptors (Lipinski definition) is 2. The summed E-state index contributed by atoms with van der Waals surface area (Å²) in [6.07, 6.45) is 0.601. The van der Waals surface area contributed by atoms with Crippen molar-refractivity contribution in [1.82, 2.24) is 10.2 Å². The van der Waals surface area contributed by atoms with Gasteiger partial charge in [0.1, 0.15) is 11.6 Å². The quantitative estimate of drug-likeness (QED) is 0.899. The molecule has 1 N–H and O–H groups in total. The summed E-state index contributed by atoms with van der Waals surface area (Å²) in [7, 11) is 0. The maximum atomic E-state index is 12.4. The third-order valence-electron chi connectivity index (χ3n) is 3.94. The van der Waals surface area contributed by atoms with Gasteiger partial charge in [-0.15, -0.1) is 0 Å². The van der Waals surface area contributed by atoms with Gasteiger partial charge in [-0.2, -0.15) is 0 Å². The highest BCUT2D eigenvalue weighted by molar-refractivity contribution is 5.99. The van der Waals surface area contributed by atoms with Gasteiger partial charge in [0, 0.05) is 6.54 Å². The van der Waals surface area contributed by atoms with Gasteiger partial charge >= 0.3 is 0 Å². The summed E-state index contributed by atoms with van der Waals surface area (Å²) in [5.41, 5.74) is 0.275. The molecule has 2 amide bonds. The molecular formula is C15H20N2O2. The largest absolute Gasteiger partial charge is 0.343 e. The van der Waals surface area contributed by atoms with Gasteiger partial charge in [-0.1, -0.05) is 37.3 Å². The Balaban J connectivity index is 2.32. The van der Waals surface area contributed by atoms with Crippen LogP contribution in [0.25, 0.3) is 0 Å². The molecule has 0 aliphatic carbocycles. The van der Waals surface area contributed by atoms with Crippen molar-refractivity contribution in [2.24, 2.45) is 0 Å². The monoisotopic (exact) mass is 260 g/mol. The van der Waals surface area contributed by atoms with E-state index in [-0.39, 0.29) is 11.8 Å². The topological polar surface area (TPSA) is 49.4 Å². The van der Waals surface area contributed by atoms with Crippen molar-refractivity contribution < 1.29 is 9.59 Å². The van der Waals surface area contributed by atoms with Crippen molar-refractivity contribution in [3.8, 4) is 0 Å². The van der Waals surface area contributed by atoms with E-state index in [1.54, 1.807) is 11.8 Å². The molecule has 1 heterocycles. The van der Waals surface area contributed by atoms with Crippen LogP contribution in [0.2, 0.25) is 0 Å². The molecule has 1 aliphatic heterocycles. The van der Waals surface area contributed by atoms with E-state index in [1.807, 2.05) is 44.2 Å². The van der Waals surface area contributed by atoms with Crippen LogP contribution in [-0.2, 0) is 16.1 Å². The van der Waals surface area contributed by atoms with Crippen molar-refractivity contribution >= 4 is 11.8 Å². The molecule has 2 atom stereocenters. The van der Waals surface area contributed by atoms with Crippen LogP contribution in [0.1, 0.15) is 32.8 Å². The number of hydrogen-bond donors (Lipinski definition) is 1. The summed E-state index contributed by atoms with van der Waals surface area (Å²) in [5.74, 6) is -0.0918. The average Bonchev–Trinajstić information content (AvgIpc) is 2.42. The third-order valence-corrected chi connectivity index (χ3v) is 3.94. The molecule has 4 heteroatoms. The van der Waals surface area contributed by atoms with Crippen LogP contribution in [-0.4, -0.2) is 28.3 Å². The summed E-state index contributed by atoms with van der Waals surface area (Å²) in [5, 5.41) is 2.76. The van der Waals surface area contributed by atoms with Crippen molar-refractivity contribution in [3.63, 3.8) is 0 Å². The van der Waals surface area contributed by atoms with E-state index in [0.717, 1.165) is 5.56 Å². The SMILES string of the molecule is CCC1(C)C(=O)NC(C)C(=O)N1Cc1ccccc1. The number of amides is 2. The lowest BCUT2D eigenvalue weighted by Crippen LogP contribution is -2.68. The normalized spacial score (nSPS) is 27.3. The molecule has 0 radical (unpaired) electrons. The van der Waals surface area contributed by atoms with Gasteiger partial charge in [-0.3, -0.25) is 9.59 Å². The molecule has 0 spiro atoms. The molecular weight excluding hydrogens is 240 g/mol. The zero-order valence-electron chi connectivity index (χ0n) is 11.6. The van der Waals surface area contributed by atoms with Gasteiger partial charge in [-0.25, -0.2) is 0 Å². The van der Waals surface area contributed by atoms with Crippen LogP contribution in [0.4, 0.5) is 0 Å². The minimum atomic E-state index is -0.764. The summed E-state index contributed by atoms with van der Waals surface area (Å²) < 4.78 is 0. The van der Waals surface area contributed by atoms with E-state index in [4.69, 9.17) is 0 Å². The molecule has 2 unspecified atom stereocenters. The maximum Gasteiger partial charge on any atom is 0.246 e. The highest BCUT2D eigenvalue weighted by atomic mass is 16.2. The van der Waals surface area contributed by atoms with Gasteiger partial charge in [0.15, 0.2) is 0 Å². The van der Waals surface area contributed by atoms with Crippen LogP contribution < -0.4 is 5.32 Å². The molecule has 1 aromatic carbocycles. The lowest BCUT2D eigenvalue weighted by atomic mass is 9.90. The zero-order chi connectivity index (χ0) is 14.0. The number of benzene rings is 1. The molecule has 102 valence electrons. The number of nitrogens with one attached hydrogen (secondary N) is 1. The molecule has 4 nitrogen and oxygen atoms in total. The van der Waals surface area contributed by atoms with Crippen LogP contribution in [0.5, 0.6) is 0 Å². The van der Waals surface area contributed by atoms with Crippen LogP contribution >= 0.6 is 0 Å². The first-order valence-corrected chi connectivity index (χ1v) is 6.65. The number of carbonyl (C=O) groups excluding carboxylic acids is 2. The lowest BCUT2D eigenvalue weighted by Gasteiger charge is -2.45. The predicted molar refractivity (Wildman–Crippen MR) is 73.3 cm³/mol. The second kappa shape index (κ2) is 5.03. The summed E-state index contributed by atoms with van der Waals surface area (Å²) >= 11 is 0. The van der Waals surface area contributed by atoms with Gasteiger partial charge in [0.2, 0.25) is 11.8 Å². The Morgan fingerprint density at radius 1 is 1.26 bits per heavy atom. The molecule has 1 aromatic rings. The first-order valence-electron chi connectivity index (χ1n) is 6.65. The van der Waals surface area contributed by atoms with E-state index in [1.165, 1.54) is 0 Å². The second-order valence-corrected chi connectivity index (χ2v) is 5.23. The first kappa shape index (κ1) is 13.6. The molecule has 1 saturated heterocycles. The minimum absolute atomic E-state index is 0.0206.